The molecule has 1 N–H and O–H groups in total. The van der Waals surface area contributed by atoms with E-state index in [2.05, 4.69) is 5.32 Å². The Hall–Kier alpha value is -1.58. The van der Waals surface area contributed by atoms with Crippen LogP contribution in [0.5, 0.6) is 5.75 Å². The van der Waals surface area contributed by atoms with E-state index < -0.39 is 0 Å². The molecule has 1 heterocycles. The summed E-state index contributed by atoms with van der Waals surface area (Å²) in [6, 6.07) is 12.4. The highest BCUT2D eigenvalue weighted by molar-refractivity contribution is 6.30. The molecule has 1 aliphatic rings. The predicted octanol–water partition coefficient (Wildman–Crippen LogP) is 3.57. The standard InChI is InChI=1S/C16H15ClFNO/c17-13-3-1-2-11(6-13)9-19-10-15-8-12-7-14(18)4-5-16(12)20-15/h1-7,15,19H,8-10H2. The molecule has 3 rings (SSSR count). The molecule has 0 amide bonds. The number of nitrogens with one attached hydrogen (secondary N) is 1. The van der Waals surface area contributed by atoms with E-state index in [-0.39, 0.29) is 11.9 Å². The molecule has 0 spiro atoms. The quantitative estimate of drug-likeness (QED) is 0.930. The minimum Gasteiger partial charge on any atom is -0.488 e. The second kappa shape index (κ2) is 5.81. The van der Waals surface area contributed by atoms with Crippen molar-refractivity contribution in [2.45, 2.75) is 19.1 Å². The van der Waals surface area contributed by atoms with Gasteiger partial charge in [0.1, 0.15) is 17.7 Å². The number of rotatable bonds is 4. The molecule has 2 aromatic rings. The summed E-state index contributed by atoms with van der Waals surface area (Å²) >= 11 is 5.94. The highest BCUT2D eigenvalue weighted by atomic mass is 35.5. The number of ether oxygens (including phenoxy) is 1. The molecule has 0 radical (unpaired) electrons. The van der Waals surface area contributed by atoms with Gasteiger partial charge in [0.05, 0.1) is 0 Å². The Morgan fingerprint density at radius 1 is 1.25 bits per heavy atom. The SMILES string of the molecule is Fc1ccc2c(c1)CC(CNCc1cccc(Cl)c1)O2. The Balaban J connectivity index is 1.51. The van der Waals surface area contributed by atoms with Gasteiger partial charge in [-0.05, 0) is 35.9 Å². The fourth-order valence-electron chi connectivity index (χ4n) is 2.43. The monoisotopic (exact) mass is 291 g/mol. The molecule has 0 bridgehead atoms. The van der Waals surface area contributed by atoms with E-state index >= 15 is 0 Å². The van der Waals surface area contributed by atoms with Crippen molar-refractivity contribution in [2.75, 3.05) is 6.54 Å². The van der Waals surface area contributed by atoms with Crippen LogP contribution in [0, 0.1) is 5.82 Å². The van der Waals surface area contributed by atoms with Gasteiger partial charge in [0.2, 0.25) is 0 Å². The predicted molar refractivity (Wildman–Crippen MR) is 77.7 cm³/mol. The first-order valence-electron chi connectivity index (χ1n) is 6.61. The van der Waals surface area contributed by atoms with Gasteiger partial charge in [0, 0.05) is 30.1 Å². The van der Waals surface area contributed by atoms with Crippen molar-refractivity contribution in [3.63, 3.8) is 0 Å². The van der Waals surface area contributed by atoms with Gasteiger partial charge in [0.15, 0.2) is 0 Å². The first kappa shape index (κ1) is 13.4. The maximum Gasteiger partial charge on any atom is 0.123 e. The van der Waals surface area contributed by atoms with E-state index in [0.29, 0.717) is 0 Å². The van der Waals surface area contributed by atoms with Crippen LogP contribution in [0.1, 0.15) is 11.1 Å². The molecule has 1 atom stereocenters. The van der Waals surface area contributed by atoms with E-state index in [9.17, 15) is 4.39 Å². The Morgan fingerprint density at radius 3 is 3.00 bits per heavy atom. The lowest BCUT2D eigenvalue weighted by molar-refractivity contribution is 0.227. The van der Waals surface area contributed by atoms with Crippen LogP contribution in [0.3, 0.4) is 0 Å². The van der Waals surface area contributed by atoms with Gasteiger partial charge in [-0.15, -0.1) is 0 Å². The highest BCUT2D eigenvalue weighted by Crippen LogP contribution is 2.28. The number of fused-ring (bicyclic) bond motifs is 1. The summed E-state index contributed by atoms with van der Waals surface area (Å²) in [5, 5.41) is 4.08. The van der Waals surface area contributed by atoms with Crippen LogP contribution in [-0.2, 0) is 13.0 Å². The normalized spacial score (nSPS) is 16.8. The Kier molecular flexibility index (Phi) is 3.90. The van der Waals surface area contributed by atoms with Gasteiger partial charge in [0.25, 0.3) is 0 Å². The summed E-state index contributed by atoms with van der Waals surface area (Å²) in [6.07, 6.45) is 0.807. The smallest absolute Gasteiger partial charge is 0.123 e. The topological polar surface area (TPSA) is 21.3 Å². The van der Waals surface area contributed by atoms with Crippen LogP contribution < -0.4 is 10.1 Å². The Morgan fingerprint density at radius 2 is 2.15 bits per heavy atom. The lowest BCUT2D eigenvalue weighted by Gasteiger charge is -2.12. The Bertz CT molecular complexity index is 617. The number of hydrogen-bond acceptors (Lipinski definition) is 2. The van der Waals surface area contributed by atoms with E-state index in [1.54, 1.807) is 12.1 Å². The highest BCUT2D eigenvalue weighted by Gasteiger charge is 2.22. The maximum atomic E-state index is 13.1. The zero-order valence-electron chi connectivity index (χ0n) is 10.9. The lowest BCUT2D eigenvalue weighted by Crippen LogP contribution is -2.29. The molecule has 1 unspecified atom stereocenters. The molecule has 4 heteroatoms. The average molecular weight is 292 g/mol. The molecule has 2 nitrogen and oxygen atoms in total. The molecule has 0 fully saturated rings. The fourth-order valence-corrected chi connectivity index (χ4v) is 2.64. The number of hydrogen-bond donors (Lipinski definition) is 1. The van der Waals surface area contributed by atoms with Crippen molar-refractivity contribution in [1.82, 2.24) is 5.32 Å². The van der Waals surface area contributed by atoms with E-state index in [1.165, 1.54) is 6.07 Å². The molecule has 0 aliphatic carbocycles. The molecule has 0 saturated carbocycles. The van der Waals surface area contributed by atoms with Crippen LogP contribution in [0.4, 0.5) is 4.39 Å². The molecule has 2 aromatic carbocycles. The van der Waals surface area contributed by atoms with E-state index in [4.69, 9.17) is 16.3 Å². The third kappa shape index (κ3) is 3.11. The molecule has 104 valence electrons. The fraction of sp³-hybridized carbons (Fsp3) is 0.250. The molecule has 1 aliphatic heterocycles. The van der Waals surface area contributed by atoms with Gasteiger partial charge < -0.3 is 10.1 Å². The van der Waals surface area contributed by atoms with Gasteiger partial charge in [-0.2, -0.15) is 0 Å². The Labute approximate surface area is 122 Å². The van der Waals surface area contributed by atoms with Crippen molar-refractivity contribution in [1.29, 1.82) is 0 Å². The lowest BCUT2D eigenvalue weighted by atomic mass is 10.1. The van der Waals surface area contributed by atoms with Crippen LogP contribution in [-0.4, -0.2) is 12.6 Å². The van der Waals surface area contributed by atoms with Crippen molar-refractivity contribution in [3.05, 3.63) is 64.4 Å². The van der Waals surface area contributed by atoms with Gasteiger partial charge in [-0.25, -0.2) is 4.39 Å². The largest absolute Gasteiger partial charge is 0.488 e. The summed E-state index contributed by atoms with van der Waals surface area (Å²) in [5.41, 5.74) is 2.08. The zero-order chi connectivity index (χ0) is 13.9. The third-order valence-corrected chi connectivity index (χ3v) is 3.59. The van der Waals surface area contributed by atoms with Gasteiger partial charge in [-0.3, -0.25) is 0 Å². The third-order valence-electron chi connectivity index (χ3n) is 3.35. The number of halogens is 2. The van der Waals surface area contributed by atoms with Crippen LogP contribution in [0.15, 0.2) is 42.5 Å². The van der Waals surface area contributed by atoms with Crippen molar-refractivity contribution >= 4 is 11.6 Å². The molecule has 0 saturated heterocycles. The summed E-state index contributed by atoms with van der Waals surface area (Å²) in [4.78, 5) is 0. The first-order chi connectivity index (χ1) is 9.70. The summed E-state index contributed by atoms with van der Waals surface area (Å²) in [7, 11) is 0. The summed E-state index contributed by atoms with van der Waals surface area (Å²) in [6.45, 7) is 1.47. The minimum atomic E-state index is -0.208. The minimum absolute atomic E-state index is 0.0611. The van der Waals surface area contributed by atoms with E-state index in [1.807, 2.05) is 24.3 Å². The molecule has 20 heavy (non-hydrogen) atoms. The van der Waals surface area contributed by atoms with Crippen LogP contribution in [0.25, 0.3) is 0 Å². The summed E-state index contributed by atoms with van der Waals surface area (Å²) < 4.78 is 18.9. The summed E-state index contributed by atoms with van der Waals surface area (Å²) in [5.74, 6) is 0.584. The van der Waals surface area contributed by atoms with Gasteiger partial charge in [-0.1, -0.05) is 23.7 Å². The van der Waals surface area contributed by atoms with Crippen molar-refractivity contribution < 1.29 is 9.13 Å². The maximum absolute atomic E-state index is 13.1. The first-order valence-corrected chi connectivity index (χ1v) is 6.99. The second-order valence-electron chi connectivity index (χ2n) is 4.96. The van der Waals surface area contributed by atoms with Crippen molar-refractivity contribution in [2.24, 2.45) is 0 Å². The average Bonchev–Trinajstić information content (AvgIpc) is 2.80. The second-order valence-corrected chi connectivity index (χ2v) is 5.39. The van der Waals surface area contributed by atoms with Crippen molar-refractivity contribution in [3.8, 4) is 5.75 Å². The molecule has 0 aromatic heterocycles. The molecular weight excluding hydrogens is 277 g/mol. The molecular formula is C16H15ClFNO. The number of benzene rings is 2. The zero-order valence-corrected chi connectivity index (χ0v) is 11.7. The van der Waals surface area contributed by atoms with Crippen LogP contribution >= 0.6 is 11.6 Å². The van der Waals surface area contributed by atoms with E-state index in [0.717, 1.165) is 41.4 Å². The van der Waals surface area contributed by atoms with Crippen LogP contribution in [0.2, 0.25) is 5.02 Å². The van der Waals surface area contributed by atoms with Gasteiger partial charge >= 0.3 is 0 Å².